The van der Waals surface area contributed by atoms with E-state index < -0.39 is 0 Å². The maximum atomic E-state index is 12.4. The number of anilines is 1. The molecular formula is C24H39N5O2. The van der Waals surface area contributed by atoms with E-state index in [0.717, 1.165) is 48.8 Å². The molecule has 7 nitrogen and oxygen atoms in total. The number of carbonyl (C=O) groups is 1. The van der Waals surface area contributed by atoms with E-state index in [1.54, 1.807) is 18.2 Å². The molecule has 0 saturated carbocycles. The topological polar surface area (TPSA) is 110 Å². The molecule has 0 spiro atoms. The number of carbonyl (C=O) groups excluding carboxylic acids is 1. The summed E-state index contributed by atoms with van der Waals surface area (Å²) in [4.78, 5) is 14.7. The molecule has 1 aromatic heterocycles. The number of hydrogen-bond donors (Lipinski definition) is 4. The van der Waals surface area contributed by atoms with Crippen molar-refractivity contribution in [1.29, 1.82) is 0 Å². The summed E-state index contributed by atoms with van der Waals surface area (Å²) >= 11 is 0. The molecule has 0 unspecified atom stereocenters. The van der Waals surface area contributed by atoms with Crippen LogP contribution >= 0.6 is 0 Å². The highest BCUT2D eigenvalue weighted by atomic mass is 16.3. The molecule has 1 aliphatic rings. The van der Waals surface area contributed by atoms with Gasteiger partial charge in [-0.1, -0.05) is 13.5 Å². The van der Waals surface area contributed by atoms with Crippen LogP contribution in [-0.4, -0.2) is 30.9 Å². The maximum Gasteiger partial charge on any atom is 0.251 e. The average molecular weight is 430 g/mol. The number of allylic oxidation sites excluding steroid dienone is 3. The Labute approximate surface area is 188 Å². The number of furan rings is 1. The van der Waals surface area contributed by atoms with Crippen molar-refractivity contribution in [1.82, 2.24) is 10.2 Å². The minimum Gasteiger partial charge on any atom is -0.465 e. The average Bonchev–Trinajstić information content (AvgIpc) is 3.16. The number of amides is 1. The molecule has 2 heterocycles. The molecule has 1 aromatic carbocycles. The Morgan fingerprint density at radius 2 is 1.97 bits per heavy atom. The molecule has 2 aromatic rings. The lowest BCUT2D eigenvalue weighted by atomic mass is 9.94. The molecule has 1 amide bonds. The third-order valence-corrected chi connectivity index (χ3v) is 5.28. The van der Waals surface area contributed by atoms with Crippen LogP contribution < -0.4 is 22.1 Å². The van der Waals surface area contributed by atoms with E-state index in [9.17, 15) is 4.79 Å². The molecule has 31 heavy (non-hydrogen) atoms. The van der Waals surface area contributed by atoms with Crippen LogP contribution in [0.15, 0.2) is 64.5 Å². The third kappa shape index (κ3) is 7.22. The van der Waals surface area contributed by atoms with Gasteiger partial charge >= 0.3 is 0 Å². The van der Waals surface area contributed by atoms with Crippen LogP contribution in [0.25, 0.3) is 0 Å². The van der Waals surface area contributed by atoms with Crippen molar-refractivity contribution in [3.63, 3.8) is 0 Å². The van der Waals surface area contributed by atoms with Crippen LogP contribution in [0, 0.1) is 12.8 Å². The standard InChI is InChI=1S/C23H31N5O2.CH4.2H2/c1-16-6-7-20(30-16)15-26-23(29)18-4-3-5-19(14-18)27-22(25)9-8-21(24)17-10-12-28(2)13-11-17;;;/h3-9,14,17,27H,10-13,15,24-25H2,1-2H3,(H,26,29);1H4;2*1H/b21-8-,22-9+;;;. The second-order valence-corrected chi connectivity index (χ2v) is 7.77. The fraction of sp³-hybridized carbons (Fsp3) is 0.375. The fourth-order valence-electron chi connectivity index (χ4n) is 3.46. The lowest BCUT2D eigenvalue weighted by Gasteiger charge is -2.29. The first kappa shape index (κ1) is 24.1. The normalized spacial score (nSPS) is 15.9. The third-order valence-electron chi connectivity index (χ3n) is 5.28. The number of likely N-dealkylation sites (tertiary alicyclic amines) is 1. The largest absolute Gasteiger partial charge is 0.465 e. The van der Waals surface area contributed by atoms with Crippen molar-refractivity contribution in [3.05, 3.63) is 77.2 Å². The summed E-state index contributed by atoms with van der Waals surface area (Å²) in [6.07, 6.45) is 5.78. The maximum absolute atomic E-state index is 12.4. The number of hydrogen-bond acceptors (Lipinski definition) is 6. The molecule has 1 fully saturated rings. The highest BCUT2D eigenvalue weighted by Crippen LogP contribution is 2.21. The van der Waals surface area contributed by atoms with Gasteiger partial charge in [0.25, 0.3) is 5.91 Å². The highest BCUT2D eigenvalue weighted by molar-refractivity contribution is 5.95. The molecule has 1 saturated heterocycles. The Bertz CT molecular complexity index is 934. The summed E-state index contributed by atoms with van der Waals surface area (Å²) < 4.78 is 5.47. The Hall–Kier alpha value is -3.19. The zero-order chi connectivity index (χ0) is 21.5. The smallest absolute Gasteiger partial charge is 0.251 e. The highest BCUT2D eigenvalue weighted by Gasteiger charge is 2.18. The van der Waals surface area contributed by atoms with E-state index in [1.165, 1.54) is 0 Å². The van der Waals surface area contributed by atoms with Gasteiger partial charge in [0.2, 0.25) is 0 Å². The summed E-state index contributed by atoms with van der Waals surface area (Å²) in [6, 6.07) is 10.9. The number of nitrogens with one attached hydrogen (secondary N) is 2. The van der Waals surface area contributed by atoms with Crippen LogP contribution in [0.3, 0.4) is 0 Å². The molecule has 0 bridgehead atoms. The zero-order valence-corrected chi connectivity index (χ0v) is 17.7. The lowest BCUT2D eigenvalue weighted by Crippen LogP contribution is -2.32. The van der Waals surface area contributed by atoms with Gasteiger partial charge < -0.3 is 31.4 Å². The number of aryl methyl sites for hydroxylation is 1. The molecule has 1 aliphatic heterocycles. The second-order valence-electron chi connectivity index (χ2n) is 7.77. The van der Waals surface area contributed by atoms with E-state index >= 15 is 0 Å². The van der Waals surface area contributed by atoms with Crippen LogP contribution in [0.5, 0.6) is 0 Å². The predicted molar refractivity (Wildman–Crippen MR) is 130 cm³/mol. The summed E-state index contributed by atoms with van der Waals surface area (Å²) in [5.41, 5.74) is 14.5. The van der Waals surface area contributed by atoms with Gasteiger partial charge in [0.1, 0.15) is 17.3 Å². The molecule has 6 N–H and O–H groups in total. The summed E-state index contributed by atoms with van der Waals surface area (Å²) in [5, 5.41) is 5.96. The first-order valence-corrected chi connectivity index (χ1v) is 10.2. The molecule has 0 radical (unpaired) electrons. The molecule has 0 aliphatic carbocycles. The van der Waals surface area contributed by atoms with Crippen LogP contribution in [-0.2, 0) is 6.54 Å². The number of rotatable bonds is 7. The number of nitrogens with zero attached hydrogens (tertiary/aromatic N) is 1. The summed E-state index contributed by atoms with van der Waals surface area (Å²) in [6.45, 7) is 4.33. The number of piperidine rings is 1. The second kappa shape index (κ2) is 11.3. The minimum atomic E-state index is -0.179. The van der Waals surface area contributed by atoms with Crippen molar-refractivity contribution in [3.8, 4) is 0 Å². The van der Waals surface area contributed by atoms with Gasteiger partial charge in [-0.25, -0.2) is 0 Å². The molecular weight excluding hydrogens is 390 g/mol. The van der Waals surface area contributed by atoms with Gasteiger partial charge in [-0.15, -0.1) is 0 Å². The Morgan fingerprint density at radius 1 is 1.23 bits per heavy atom. The van der Waals surface area contributed by atoms with E-state index in [1.807, 2.05) is 37.3 Å². The number of nitrogens with two attached hydrogens (primary N) is 2. The minimum absolute atomic E-state index is 0. The SMILES string of the molecule is C.Cc1ccc(CNC(=O)c2cccc(N/C(N)=C/C=C(\N)C3CCN(C)CC3)c2)o1.[HH].[HH]. The quantitative estimate of drug-likeness (QED) is 0.495. The first-order chi connectivity index (χ1) is 14.4. The van der Waals surface area contributed by atoms with Gasteiger partial charge in [-0.2, -0.15) is 0 Å². The van der Waals surface area contributed by atoms with Crippen LogP contribution in [0.1, 0.15) is 45.0 Å². The fourth-order valence-corrected chi connectivity index (χ4v) is 3.46. The molecule has 3 rings (SSSR count). The van der Waals surface area contributed by atoms with Gasteiger partial charge in [-0.3, -0.25) is 4.79 Å². The van der Waals surface area contributed by atoms with Gasteiger partial charge in [0, 0.05) is 25.7 Å². The molecule has 0 atom stereocenters. The number of benzene rings is 1. The first-order valence-electron chi connectivity index (χ1n) is 10.2. The van der Waals surface area contributed by atoms with Gasteiger partial charge in [-0.05, 0) is 82.4 Å². The van der Waals surface area contributed by atoms with Crippen molar-refractivity contribution in [2.24, 2.45) is 17.4 Å². The van der Waals surface area contributed by atoms with E-state index in [2.05, 4.69) is 22.6 Å². The van der Waals surface area contributed by atoms with E-state index in [4.69, 9.17) is 15.9 Å². The monoisotopic (exact) mass is 429 g/mol. The van der Waals surface area contributed by atoms with Crippen molar-refractivity contribution in [2.45, 2.75) is 33.7 Å². The van der Waals surface area contributed by atoms with Crippen LogP contribution in [0.4, 0.5) is 5.69 Å². The summed E-state index contributed by atoms with van der Waals surface area (Å²) in [7, 11) is 2.13. The van der Waals surface area contributed by atoms with Crippen molar-refractivity contribution >= 4 is 11.6 Å². The Morgan fingerprint density at radius 3 is 2.65 bits per heavy atom. The molecule has 7 heteroatoms. The van der Waals surface area contributed by atoms with Gasteiger partial charge in [0.05, 0.1) is 6.54 Å². The lowest BCUT2D eigenvalue weighted by molar-refractivity contribution is 0.0948. The Kier molecular flexibility index (Phi) is 8.75. The Balaban J connectivity index is 0.00000341. The van der Waals surface area contributed by atoms with Gasteiger partial charge in [0.15, 0.2) is 0 Å². The van der Waals surface area contributed by atoms with Crippen LogP contribution in [0.2, 0.25) is 0 Å². The zero-order valence-electron chi connectivity index (χ0n) is 17.7. The summed E-state index contributed by atoms with van der Waals surface area (Å²) in [5.74, 6) is 2.22. The van der Waals surface area contributed by atoms with Crippen molar-refractivity contribution < 1.29 is 12.1 Å². The van der Waals surface area contributed by atoms with E-state index in [-0.39, 0.29) is 16.2 Å². The molecule has 172 valence electrons. The predicted octanol–water partition coefficient (Wildman–Crippen LogP) is 4.04. The van der Waals surface area contributed by atoms with Crippen molar-refractivity contribution in [2.75, 3.05) is 25.5 Å². The van der Waals surface area contributed by atoms with E-state index in [0.29, 0.717) is 23.8 Å².